The van der Waals surface area contributed by atoms with Crippen molar-refractivity contribution in [3.63, 3.8) is 0 Å². The van der Waals surface area contributed by atoms with Gasteiger partial charge in [-0.05, 0) is 55.3 Å². The van der Waals surface area contributed by atoms with Gasteiger partial charge in [0.15, 0.2) is 0 Å². The molecule has 0 amide bonds. The summed E-state index contributed by atoms with van der Waals surface area (Å²) in [5, 5.41) is 10.6. The molecule has 0 radical (unpaired) electrons. The van der Waals surface area contributed by atoms with E-state index in [2.05, 4.69) is 12.1 Å². The van der Waals surface area contributed by atoms with Crippen LogP contribution < -0.4 is 4.74 Å². The molecule has 0 unspecified atom stereocenters. The number of hydrogen-bond donors (Lipinski definition) is 1. The number of phenolic OH excluding ortho intramolecular Hbond substituents is 1. The SMILES string of the molecule is CCOC(=O)c1c(C)n(CCOc2ccc(-c3ccccc3)cc2)c2ccc(O)cc12. The van der Waals surface area contributed by atoms with E-state index in [0.717, 1.165) is 22.5 Å². The van der Waals surface area contributed by atoms with Crippen molar-refractivity contribution in [1.29, 1.82) is 0 Å². The molecule has 0 bridgehead atoms. The molecular weight excluding hydrogens is 390 g/mol. The first kappa shape index (κ1) is 20.5. The normalized spacial score (nSPS) is 10.9. The summed E-state index contributed by atoms with van der Waals surface area (Å²) in [4.78, 5) is 12.5. The van der Waals surface area contributed by atoms with Crippen molar-refractivity contribution >= 4 is 16.9 Å². The number of aromatic hydroxyl groups is 1. The van der Waals surface area contributed by atoms with Crippen LogP contribution in [-0.2, 0) is 11.3 Å². The minimum absolute atomic E-state index is 0.116. The van der Waals surface area contributed by atoms with Gasteiger partial charge in [0, 0.05) is 16.6 Å². The number of nitrogens with zero attached hydrogens (tertiary/aromatic N) is 1. The molecule has 158 valence electrons. The Morgan fingerprint density at radius 2 is 1.68 bits per heavy atom. The number of benzene rings is 3. The van der Waals surface area contributed by atoms with Crippen molar-refractivity contribution in [1.82, 2.24) is 4.57 Å². The first-order valence-corrected chi connectivity index (χ1v) is 10.4. The molecule has 0 saturated heterocycles. The maximum Gasteiger partial charge on any atom is 0.340 e. The highest BCUT2D eigenvalue weighted by atomic mass is 16.5. The van der Waals surface area contributed by atoms with Gasteiger partial charge >= 0.3 is 5.97 Å². The highest BCUT2D eigenvalue weighted by Gasteiger charge is 2.21. The minimum Gasteiger partial charge on any atom is -0.508 e. The summed E-state index contributed by atoms with van der Waals surface area (Å²) in [5.41, 5.74) is 4.45. The predicted molar refractivity (Wildman–Crippen MR) is 122 cm³/mol. The molecule has 0 atom stereocenters. The highest BCUT2D eigenvalue weighted by molar-refractivity contribution is 6.06. The summed E-state index contributed by atoms with van der Waals surface area (Å²) in [5.74, 6) is 0.522. The lowest BCUT2D eigenvalue weighted by atomic mass is 10.1. The average molecular weight is 415 g/mol. The summed E-state index contributed by atoms with van der Waals surface area (Å²) < 4.78 is 13.2. The number of ether oxygens (including phenoxy) is 2. The van der Waals surface area contributed by atoms with Crippen molar-refractivity contribution in [2.75, 3.05) is 13.2 Å². The third-order valence-electron chi connectivity index (χ3n) is 5.33. The number of rotatable bonds is 7. The summed E-state index contributed by atoms with van der Waals surface area (Å²) in [6.45, 7) is 4.97. The van der Waals surface area contributed by atoms with Gasteiger partial charge < -0.3 is 19.1 Å². The first-order valence-electron chi connectivity index (χ1n) is 10.4. The maximum atomic E-state index is 12.5. The second kappa shape index (κ2) is 8.96. The molecule has 0 fully saturated rings. The number of carbonyl (C=O) groups excluding carboxylic acids is 1. The van der Waals surface area contributed by atoms with Gasteiger partial charge in [-0.1, -0.05) is 42.5 Å². The molecule has 31 heavy (non-hydrogen) atoms. The van der Waals surface area contributed by atoms with E-state index in [-0.39, 0.29) is 11.7 Å². The smallest absolute Gasteiger partial charge is 0.340 e. The number of esters is 1. The average Bonchev–Trinajstić information content (AvgIpc) is 3.05. The molecule has 1 aromatic heterocycles. The van der Waals surface area contributed by atoms with Crippen molar-refractivity contribution in [2.45, 2.75) is 20.4 Å². The summed E-state index contributed by atoms with van der Waals surface area (Å²) in [7, 11) is 0. The van der Waals surface area contributed by atoms with Crippen LogP contribution in [0.5, 0.6) is 11.5 Å². The number of carbonyl (C=O) groups is 1. The van der Waals surface area contributed by atoms with E-state index in [1.54, 1.807) is 19.1 Å². The van der Waals surface area contributed by atoms with Gasteiger partial charge in [-0.2, -0.15) is 0 Å². The molecule has 4 rings (SSSR count). The van der Waals surface area contributed by atoms with Crippen molar-refractivity contribution in [2.24, 2.45) is 0 Å². The van der Waals surface area contributed by atoms with E-state index in [4.69, 9.17) is 9.47 Å². The second-order valence-electron chi connectivity index (χ2n) is 7.27. The summed E-state index contributed by atoms with van der Waals surface area (Å²) >= 11 is 0. The molecule has 0 spiro atoms. The van der Waals surface area contributed by atoms with Crippen LogP contribution in [0.1, 0.15) is 23.0 Å². The van der Waals surface area contributed by atoms with E-state index < -0.39 is 0 Å². The number of aromatic nitrogens is 1. The highest BCUT2D eigenvalue weighted by Crippen LogP contribution is 2.30. The Kier molecular flexibility index (Phi) is 5.94. The molecule has 5 heteroatoms. The van der Waals surface area contributed by atoms with E-state index in [0.29, 0.717) is 30.7 Å². The predicted octanol–water partition coefficient (Wildman–Crippen LogP) is 5.58. The zero-order chi connectivity index (χ0) is 21.8. The monoisotopic (exact) mass is 415 g/mol. The maximum absolute atomic E-state index is 12.5. The lowest BCUT2D eigenvalue weighted by Crippen LogP contribution is -2.11. The first-order chi connectivity index (χ1) is 15.1. The molecule has 1 heterocycles. The molecule has 1 N–H and O–H groups in total. The zero-order valence-electron chi connectivity index (χ0n) is 17.7. The van der Waals surface area contributed by atoms with Gasteiger partial charge in [0.2, 0.25) is 0 Å². The third kappa shape index (κ3) is 4.26. The van der Waals surface area contributed by atoms with E-state index in [1.165, 1.54) is 5.56 Å². The second-order valence-corrected chi connectivity index (χ2v) is 7.27. The van der Waals surface area contributed by atoms with Crippen LogP contribution in [0.3, 0.4) is 0 Å². The lowest BCUT2D eigenvalue weighted by molar-refractivity contribution is 0.0527. The largest absolute Gasteiger partial charge is 0.508 e. The van der Waals surface area contributed by atoms with Crippen molar-refractivity contribution in [3.05, 3.63) is 84.1 Å². The van der Waals surface area contributed by atoms with Gasteiger partial charge in [0.25, 0.3) is 0 Å². The van der Waals surface area contributed by atoms with E-state index >= 15 is 0 Å². The molecule has 3 aromatic carbocycles. The Balaban J connectivity index is 1.51. The molecule has 0 saturated carbocycles. The Morgan fingerprint density at radius 1 is 0.968 bits per heavy atom. The van der Waals surface area contributed by atoms with Crippen LogP contribution in [-0.4, -0.2) is 28.9 Å². The van der Waals surface area contributed by atoms with Gasteiger partial charge in [0.05, 0.1) is 18.7 Å². The molecule has 5 nitrogen and oxygen atoms in total. The fraction of sp³-hybridized carbons (Fsp3) is 0.192. The van der Waals surface area contributed by atoms with Crippen molar-refractivity contribution in [3.8, 4) is 22.6 Å². The number of fused-ring (bicyclic) bond motifs is 1. The van der Waals surface area contributed by atoms with E-state index in [9.17, 15) is 9.90 Å². The van der Waals surface area contributed by atoms with Crippen LogP contribution in [0.25, 0.3) is 22.0 Å². The Labute approximate surface area is 181 Å². The van der Waals surface area contributed by atoms with Crippen LogP contribution in [0, 0.1) is 6.92 Å². The molecule has 0 aliphatic heterocycles. The quantitative estimate of drug-likeness (QED) is 0.401. The van der Waals surface area contributed by atoms with Crippen LogP contribution in [0.15, 0.2) is 72.8 Å². The van der Waals surface area contributed by atoms with Crippen LogP contribution in [0.4, 0.5) is 0 Å². The van der Waals surface area contributed by atoms with Crippen molar-refractivity contribution < 1.29 is 19.4 Å². The van der Waals surface area contributed by atoms with Gasteiger partial charge in [0.1, 0.15) is 18.1 Å². The van der Waals surface area contributed by atoms with Gasteiger partial charge in [-0.15, -0.1) is 0 Å². The zero-order valence-corrected chi connectivity index (χ0v) is 17.7. The van der Waals surface area contributed by atoms with Gasteiger partial charge in [-0.25, -0.2) is 4.79 Å². The molecular formula is C26H25NO4. The van der Waals surface area contributed by atoms with Gasteiger partial charge in [-0.3, -0.25) is 0 Å². The fourth-order valence-electron chi connectivity index (χ4n) is 3.85. The van der Waals surface area contributed by atoms with E-state index in [1.807, 2.05) is 60.0 Å². The topological polar surface area (TPSA) is 60.7 Å². The Bertz CT molecular complexity index is 1190. The lowest BCUT2D eigenvalue weighted by Gasteiger charge is -2.11. The molecule has 4 aromatic rings. The fourth-order valence-corrected chi connectivity index (χ4v) is 3.85. The van der Waals surface area contributed by atoms with Crippen LogP contribution in [0.2, 0.25) is 0 Å². The van der Waals surface area contributed by atoms with Crippen LogP contribution >= 0.6 is 0 Å². The summed E-state index contributed by atoms with van der Waals surface area (Å²) in [6, 6.07) is 23.3. The standard InChI is InChI=1S/C26H25NO4/c1-3-30-26(29)25-18(2)27(24-14-11-21(28)17-23(24)25)15-16-31-22-12-9-20(10-13-22)19-7-5-4-6-8-19/h4-14,17,28H,3,15-16H2,1-2H3. The number of phenols is 1. The molecule has 0 aliphatic carbocycles. The number of hydrogen-bond acceptors (Lipinski definition) is 4. The summed E-state index contributed by atoms with van der Waals surface area (Å²) in [6.07, 6.45) is 0. The minimum atomic E-state index is -0.383. The molecule has 0 aliphatic rings. The third-order valence-corrected chi connectivity index (χ3v) is 5.33. The Morgan fingerprint density at radius 3 is 2.39 bits per heavy atom. The Hall–Kier alpha value is -3.73.